The molecule has 2 N–H and O–H groups in total. The molecule has 0 radical (unpaired) electrons. The average molecular weight is 230 g/mol. The topological polar surface area (TPSA) is 49.7 Å². The van der Waals surface area contributed by atoms with Gasteiger partial charge in [-0.3, -0.25) is 0 Å². The summed E-state index contributed by atoms with van der Waals surface area (Å²) >= 11 is 0. The van der Waals surface area contributed by atoms with Gasteiger partial charge in [-0.15, -0.1) is 0 Å². The second-order valence-corrected chi connectivity index (χ2v) is 3.36. The molecule has 1 aromatic carbocycles. The van der Waals surface area contributed by atoms with Gasteiger partial charge >= 0.3 is 7.12 Å². The van der Waals surface area contributed by atoms with Crippen LogP contribution in [0.3, 0.4) is 0 Å². The summed E-state index contributed by atoms with van der Waals surface area (Å²) in [5, 5.41) is 17.5. The van der Waals surface area contributed by atoms with Crippen molar-refractivity contribution in [1.82, 2.24) is 0 Å². The number of hydrogen-bond acceptors (Lipinski definition) is 3. The van der Waals surface area contributed by atoms with Crippen molar-refractivity contribution < 1.29 is 23.6 Å². The normalized spacial score (nSPS) is 10.3. The summed E-state index contributed by atoms with van der Waals surface area (Å²) in [6.07, 6.45) is 1.63. The van der Waals surface area contributed by atoms with E-state index < -0.39 is 24.2 Å². The van der Waals surface area contributed by atoms with Gasteiger partial charge in [0.25, 0.3) is 0 Å². The van der Waals surface area contributed by atoms with Crippen LogP contribution in [0, 0.1) is 11.6 Å². The Labute approximate surface area is 92.8 Å². The van der Waals surface area contributed by atoms with Gasteiger partial charge in [-0.1, -0.05) is 19.4 Å². The molecule has 0 fully saturated rings. The molecule has 3 nitrogen and oxygen atoms in total. The Balaban J connectivity index is 2.85. The Hall–Kier alpha value is -1.14. The predicted molar refractivity (Wildman–Crippen MR) is 56.6 cm³/mol. The maximum atomic E-state index is 13.3. The molecule has 0 aliphatic heterocycles. The highest BCUT2D eigenvalue weighted by molar-refractivity contribution is 6.58. The van der Waals surface area contributed by atoms with Crippen molar-refractivity contribution in [3.8, 4) is 5.75 Å². The second kappa shape index (κ2) is 5.82. The largest absolute Gasteiger partial charge is 0.491 e. The van der Waals surface area contributed by atoms with Crippen LogP contribution in [-0.2, 0) is 0 Å². The molecule has 16 heavy (non-hydrogen) atoms. The lowest BCUT2D eigenvalue weighted by atomic mass is 9.80. The molecule has 88 valence electrons. The minimum Gasteiger partial charge on any atom is -0.490 e. The van der Waals surface area contributed by atoms with E-state index in [4.69, 9.17) is 14.8 Å². The SMILES string of the molecule is CCCCOc1ccc(B(O)O)c(F)c1F. The molecule has 0 amide bonds. The molecule has 0 heterocycles. The van der Waals surface area contributed by atoms with E-state index in [0.29, 0.717) is 6.61 Å². The van der Waals surface area contributed by atoms with E-state index >= 15 is 0 Å². The van der Waals surface area contributed by atoms with Gasteiger partial charge in [-0.05, 0) is 12.5 Å². The molecule has 0 saturated carbocycles. The molecule has 0 aliphatic rings. The first-order valence-corrected chi connectivity index (χ1v) is 5.04. The van der Waals surface area contributed by atoms with E-state index in [1.807, 2.05) is 6.92 Å². The zero-order chi connectivity index (χ0) is 12.1. The monoisotopic (exact) mass is 230 g/mol. The summed E-state index contributed by atoms with van der Waals surface area (Å²) in [6.45, 7) is 2.25. The van der Waals surface area contributed by atoms with Gasteiger partial charge in [0.1, 0.15) is 0 Å². The molecule has 6 heteroatoms. The first-order chi connectivity index (χ1) is 7.57. The number of ether oxygens (including phenoxy) is 1. The third kappa shape index (κ3) is 2.93. The van der Waals surface area contributed by atoms with E-state index in [1.165, 1.54) is 6.07 Å². The van der Waals surface area contributed by atoms with Crippen LogP contribution in [0.2, 0.25) is 0 Å². The lowest BCUT2D eigenvalue weighted by molar-refractivity contribution is 0.289. The van der Waals surface area contributed by atoms with Crippen LogP contribution in [0.1, 0.15) is 19.8 Å². The van der Waals surface area contributed by atoms with Crippen LogP contribution in [0.5, 0.6) is 5.75 Å². The van der Waals surface area contributed by atoms with Crippen molar-refractivity contribution in [2.75, 3.05) is 6.61 Å². The number of hydrogen-bond donors (Lipinski definition) is 2. The standard InChI is InChI=1S/C10H13BF2O3/c1-2-3-6-16-8-5-4-7(11(14)15)9(12)10(8)13/h4-5,14-15H,2-3,6H2,1H3. The van der Waals surface area contributed by atoms with Crippen molar-refractivity contribution in [1.29, 1.82) is 0 Å². The molecule has 1 aromatic rings. The van der Waals surface area contributed by atoms with Crippen LogP contribution in [-0.4, -0.2) is 23.8 Å². The van der Waals surface area contributed by atoms with Gasteiger partial charge in [0.05, 0.1) is 6.61 Å². The van der Waals surface area contributed by atoms with Gasteiger partial charge < -0.3 is 14.8 Å². The number of rotatable bonds is 5. The lowest BCUT2D eigenvalue weighted by Crippen LogP contribution is -2.33. The van der Waals surface area contributed by atoms with Crippen molar-refractivity contribution in [3.63, 3.8) is 0 Å². The van der Waals surface area contributed by atoms with Crippen molar-refractivity contribution >= 4 is 12.6 Å². The first-order valence-electron chi connectivity index (χ1n) is 5.04. The molecule has 0 bridgehead atoms. The lowest BCUT2D eigenvalue weighted by Gasteiger charge is -2.09. The molecule has 0 atom stereocenters. The van der Waals surface area contributed by atoms with Gasteiger partial charge in [0, 0.05) is 5.46 Å². The molecule has 0 aliphatic carbocycles. The fourth-order valence-electron chi connectivity index (χ4n) is 1.18. The first kappa shape index (κ1) is 12.9. The third-order valence-corrected chi connectivity index (χ3v) is 2.11. The number of halogens is 2. The Morgan fingerprint density at radius 2 is 1.94 bits per heavy atom. The fraction of sp³-hybridized carbons (Fsp3) is 0.400. The van der Waals surface area contributed by atoms with Gasteiger partial charge in [-0.25, -0.2) is 4.39 Å². The Morgan fingerprint density at radius 1 is 1.25 bits per heavy atom. The molecule has 0 spiro atoms. The van der Waals surface area contributed by atoms with Crippen LogP contribution < -0.4 is 10.2 Å². The smallest absolute Gasteiger partial charge is 0.490 e. The molecule has 0 unspecified atom stereocenters. The highest BCUT2D eigenvalue weighted by Crippen LogP contribution is 2.18. The van der Waals surface area contributed by atoms with Crippen LogP contribution >= 0.6 is 0 Å². The summed E-state index contributed by atoms with van der Waals surface area (Å²) < 4.78 is 31.6. The Morgan fingerprint density at radius 3 is 2.50 bits per heavy atom. The number of unbranched alkanes of at least 4 members (excludes halogenated alkanes) is 1. The molecular weight excluding hydrogens is 217 g/mol. The van der Waals surface area contributed by atoms with Crippen LogP contribution in [0.4, 0.5) is 8.78 Å². The maximum absolute atomic E-state index is 13.3. The van der Waals surface area contributed by atoms with Crippen molar-refractivity contribution in [2.45, 2.75) is 19.8 Å². The highest BCUT2D eigenvalue weighted by Gasteiger charge is 2.22. The Kier molecular flexibility index (Phi) is 4.70. The second-order valence-electron chi connectivity index (χ2n) is 3.36. The predicted octanol–water partition coefficient (Wildman–Crippen LogP) is 0.823. The summed E-state index contributed by atoms with van der Waals surface area (Å²) in [4.78, 5) is 0. The maximum Gasteiger partial charge on any atom is 0.491 e. The van der Waals surface area contributed by atoms with Gasteiger partial charge in [0.2, 0.25) is 0 Å². The molecule has 1 rings (SSSR count). The summed E-state index contributed by atoms with van der Waals surface area (Å²) in [6, 6.07) is 2.27. The van der Waals surface area contributed by atoms with E-state index in [1.54, 1.807) is 0 Å². The minimum absolute atomic E-state index is 0.213. The Bertz CT molecular complexity index is 358. The average Bonchev–Trinajstić information content (AvgIpc) is 2.24. The van der Waals surface area contributed by atoms with E-state index in [2.05, 4.69) is 0 Å². The molecular formula is C10H13BF2O3. The summed E-state index contributed by atoms with van der Waals surface area (Å²) in [7, 11) is -2.03. The highest BCUT2D eigenvalue weighted by atomic mass is 19.2. The zero-order valence-electron chi connectivity index (χ0n) is 8.91. The van der Waals surface area contributed by atoms with Crippen molar-refractivity contribution in [3.05, 3.63) is 23.8 Å². The molecule has 0 saturated heterocycles. The fourth-order valence-corrected chi connectivity index (χ4v) is 1.18. The molecule has 0 aromatic heterocycles. The van der Waals surface area contributed by atoms with E-state index in [9.17, 15) is 8.78 Å². The minimum atomic E-state index is -2.03. The quantitative estimate of drug-likeness (QED) is 0.581. The van der Waals surface area contributed by atoms with Gasteiger partial charge in [-0.2, -0.15) is 4.39 Å². The summed E-state index contributed by atoms with van der Waals surface area (Å²) in [5.41, 5.74) is -0.500. The number of benzene rings is 1. The van der Waals surface area contributed by atoms with Crippen LogP contribution in [0.15, 0.2) is 12.1 Å². The van der Waals surface area contributed by atoms with Crippen LogP contribution in [0.25, 0.3) is 0 Å². The van der Waals surface area contributed by atoms with Crippen molar-refractivity contribution in [2.24, 2.45) is 0 Å². The third-order valence-electron chi connectivity index (χ3n) is 2.11. The summed E-state index contributed by atoms with van der Waals surface area (Å²) in [5.74, 6) is -2.69. The van der Waals surface area contributed by atoms with E-state index in [0.717, 1.165) is 18.9 Å². The van der Waals surface area contributed by atoms with E-state index in [-0.39, 0.29) is 5.75 Å². The van der Waals surface area contributed by atoms with Gasteiger partial charge in [0.15, 0.2) is 17.4 Å². The zero-order valence-corrected chi connectivity index (χ0v) is 8.91.